The van der Waals surface area contributed by atoms with Crippen molar-refractivity contribution in [3.63, 3.8) is 0 Å². The van der Waals surface area contributed by atoms with Crippen LogP contribution in [0.25, 0.3) is 0 Å². The summed E-state index contributed by atoms with van der Waals surface area (Å²) >= 11 is 0. The van der Waals surface area contributed by atoms with Crippen molar-refractivity contribution in [3.05, 3.63) is 59.4 Å². The minimum absolute atomic E-state index is 0.122. The average molecular weight is 380 g/mol. The summed E-state index contributed by atoms with van der Waals surface area (Å²) in [5, 5.41) is 3.39. The number of aryl methyl sites for hydroxylation is 1. The molecule has 28 heavy (non-hydrogen) atoms. The van der Waals surface area contributed by atoms with E-state index >= 15 is 0 Å². The van der Waals surface area contributed by atoms with E-state index in [4.69, 9.17) is 4.74 Å². The molecule has 0 saturated carbocycles. The Balaban J connectivity index is 1.35. The van der Waals surface area contributed by atoms with Gasteiger partial charge in [0.15, 0.2) is 0 Å². The topological polar surface area (TPSA) is 57.7 Å². The van der Waals surface area contributed by atoms with Crippen LogP contribution in [0.5, 0.6) is 5.75 Å². The predicted octanol–water partition coefficient (Wildman–Crippen LogP) is 2.09. The van der Waals surface area contributed by atoms with Gasteiger partial charge in [-0.05, 0) is 43.2 Å². The third kappa shape index (κ3) is 4.51. The quantitative estimate of drug-likeness (QED) is 0.861. The smallest absolute Gasteiger partial charge is 0.253 e. The van der Waals surface area contributed by atoms with Crippen LogP contribution in [-0.4, -0.2) is 66.0 Å². The first kappa shape index (κ1) is 18.9. The lowest BCUT2D eigenvalue weighted by molar-refractivity contribution is 0.0773. The van der Waals surface area contributed by atoms with Gasteiger partial charge in [0, 0.05) is 56.6 Å². The fourth-order valence-electron chi connectivity index (χ4n) is 3.95. The van der Waals surface area contributed by atoms with E-state index in [1.165, 1.54) is 0 Å². The number of benzene rings is 1. The molecule has 2 aromatic rings. The zero-order valence-corrected chi connectivity index (χ0v) is 16.4. The van der Waals surface area contributed by atoms with Crippen molar-refractivity contribution >= 4 is 5.91 Å². The van der Waals surface area contributed by atoms with E-state index in [-0.39, 0.29) is 5.91 Å². The molecule has 4 rings (SSSR count). The van der Waals surface area contributed by atoms with Gasteiger partial charge in [0.05, 0.1) is 6.20 Å². The van der Waals surface area contributed by atoms with Gasteiger partial charge in [-0.25, -0.2) is 0 Å². The maximum atomic E-state index is 13.0. The lowest BCUT2D eigenvalue weighted by atomic mass is 10.1. The molecule has 0 spiro atoms. The third-order valence-electron chi connectivity index (χ3n) is 5.58. The van der Waals surface area contributed by atoms with Gasteiger partial charge in [-0.1, -0.05) is 12.1 Å². The van der Waals surface area contributed by atoms with Gasteiger partial charge in [0.25, 0.3) is 5.91 Å². The summed E-state index contributed by atoms with van der Waals surface area (Å²) in [7, 11) is 0. The first-order valence-corrected chi connectivity index (χ1v) is 10.1. The summed E-state index contributed by atoms with van der Waals surface area (Å²) in [6.07, 6.45) is 2.79. The second kappa shape index (κ2) is 8.71. The van der Waals surface area contributed by atoms with Gasteiger partial charge in [0.1, 0.15) is 12.4 Å². The van der Waals surface area contributed by atoms with E-state index < -0.39 is 0 Å². The molecule has 6 heteroatoms. The molecule has 148 valence electrons. The SMILES string of the molecule is Cc1ccc(OCc2cccc(C(=O)N3CCC(N4CCNCC4)C3)c2)cn1. The zero-order valence-electron chi connectivity index (χ0n) is 16.4. The van der Waals surface area contributed by atoms with Crippen LogP contribution in [0.3, 0.4) is 0 Å². The highest BCUT2D eigenvalue weighted by Gasteiger charge is 2.31. The van der Waals surface area contributed by atoms with Crippen LogP contribution in [-0.2, 0) is 6.61 Å². The molecule has 6 nitrogen and oxygen atoms in total. The summed E-state index contributed by atoms with van der Waals surface area (Å²) in [4.78, 5) is 21.7. The molecule has 3 heterocycles. The highest BCUT2D eigenvalue weighted by molar-refractivity contribution is 5.94. The van der Waals surface area contributed by atoms with Crippen LogP contribution in [0, 0.1) is 6.92 Å². The van der Waals surface area contributed by atoms with Crippen LogP contribution in [0.4, 0.5) is 0 Å². The van der Waals surface area contributed by atoms with Crippen molar-refractivity contribution in [1.82, 2.24) is 20.1 Å². The number of likely N-dealkylation sites (tertiary alicyclic amines) is 1. The fourth-order valence-corrected chi connectivity index (χ4v) is 3.95. The lowest BCUT2D eigenvalue weighted by Crippen LogP contribution is -2.49. The Labute approximate surface area is 166 Å². The van der Waals surface area contributed by atoms with Crippen molar-refractivity contribution in [3.8, 4) is 5.75 Å². The molecular formula is C22H28N4O2. The monoisotopic (exact) mass is 380 g/mol. The number of nitrogens with zero attached hydrogens (tertiary/aromatic N) is 3. The molecular weight excluding hydrogens is 352 g/mol. The fraction of sp³-hybridized carbons (Fsp3) is 0.455. The number of carbonyl (C=O) groups is 1. The van der Waals surface area contributed by atoms with Crippen molar-refractivity contribution in [2.75, 3.05) is 39.3 Å². The molecule has 1 atom stereocenters. The Morgan fingerprint density at radius 3 is 2.86 bits per heavy atom. The normalized spacial score (nSPS) is 20.3. The van der Waals surface area contributed by atoms with Gasteiger partial charge in [-0.2, -0.15) is 0 Å². The van der Waals surface area contributed by atoms with Crippen molar-refractivity contribution in [1.29, 1.82) is 0 Å². The van der Waals surface area contributed by atoms with E-state index in [0.717, 1.165) is 68.3 Å². The molecule has 0 aliphatic carbocycles. The van der Waals surface area contributed by atoms with Crippen molar-refractivity contribution in [2.45, 2.75) is 26.0 Å². The van der Waals surface area contributed by atoms with E-state index in [2.05, 4.69) is 15.2 Å². The van der Waals surface area contributed by atoms with Gasteiger partial charge in [0.2, 0.25) is 0 Å². The number of rotatable bonds is 5. The largest absolute Gasteiger partial charge is 0.487 e. The van der Waals surface area contributed by atoms with E-state index in [1.54, 1.807) is 6.20 Å². The Morgan fingerprint density at radius 2 is 2.07 bits per heavy atom. The molecule has 2 saturated heterocycles. The Kier molecular flexibility index (Phi) is 5.88. The summed E-state index contributed by atoms with van der Waals surface area (Å²) < 4.78 is 5.80. The van der Waals surface area contributed by atoms with Crippen molar-refractivity contribution < 1.29 is 9.53 Å². The highest BCUT2D eigenvalue weighted by atomic mass is 16.5. The molecule has 2 aliphatic rings. The maximum Gasteiger partial charge on any atom is 0.253 e. The van der Waals surface area contributed by atoms with Crippen LogP contribution in [0.1, 0.15) is 28.0 Å². The molecule has 2 aliphatic heterocycles. The zero-order chi connectivity index (χ0) is 19.3. The Bertz CT molecular complexity index is 802. The molecule has 0 radical (unpaired) electrons. The second-order valence-electron chi connectivity index (χ2n) is 7.60. The Hall–Kier alpha value is -2.44. The summed E-state index contributed by atoms with van der Waals surface area (Å²) in [6.45, 7) is 8.28. The molecule has 1 aromatic heterocycles. The molecule has 0 bridgehead atoms. The van der Waals surface area contributed by atoms with Gasteiger partial charge in [-0.3, -0.25) is 14.7 Å². The number of pyridine rings is 1. The van der Waals surface area contributed by atoms with Crippen LogP contribution in [0.15, 0.2) is 42.6 Å². The number of aromatic nitrogens is 1. The van der Waals surface area contributed by atoms with Crippen LogP contribution < -0.4 is 10.1 Å². The van der Waals surface area contributed by atoms with Gasteiger partial charge in [-0.15, -0.1) is 0 Å². The van der Waals surface area contributed by atoms with Crippen molar-refractivity contribution in [2.24, 2.45) is 0 Å². The second-order valence-corrected chi connectivity index (χ2v) is 7.60. The van der Waals surface area contributed by atoms with E-state index in [1.807, 2.05) is 48.2 Å². The molecule has 1 unspecified atom stereocenters. The molecule has 1 aromatic carbocycles. The first-order chi connectivity index (χ1) is 13.7. The summed E-state index contributed by atoms with van der Waals surface area (Å²) in [6, 6.07) is 12.1. The van der Waals surface area contributed by atoms with E-state index in [9.17, 15) is 4.79 Å². The lowest BCUT2D eigenvalue weighted by Gasteiger charge is -2.32. The minimum Gasteiger partial charge on any atom is -0.487 e. The standard InChI is InChI=1S/C22H28N4O2/c1-17-5-6-21(14-24-17)28-16-18-3-2-4-19(13-18)22(27)26-10-7-20(15-26)25-11-8-23-9-12-25/h2-6,13-14,20,23H,7-12,15-16H2,1H3. The van der Waals surface area contributed by atoms with Gasteiger partial charge < -0.3 is 15.0 Å². The maximum absolute atomic E-state index is 13.0. The number of piperazine rings is 1. The molecule has 1 amide bonds. The van der Waals surface area contributed by atoms with E-state index in [0.29, 0.717) is 12.6 Å². The van der Waals surface area contributed by atoms with Crippen LogP contribution >= 0.6 is 0 Å². The van der Waals surface area contributed by atoms with Gasteiger partial charge >= 0.3 is 0 Å². The van der Waals surface area contributed by atoms with Crippen LogP contribution in [0.2, 0.25) is 0 Å². The first-order valence-electron chi connectivity index (χ1n) is 10.1. The minimum atomic E-state index is 0.122. The average Bonchev–Trinajstić information content (AvgIpc) is 3.24. The number of hydrogen-bond acceptors (Lipinski definition) is 5. The summed E-state index contributed by atoms with van der Waals surface area (Å²) in [5.41, 5.74) is 2.69. The number of ether oxygens (including phenoxy) is 1. The number of hydrogen-bond donors (Lipinski definition) is 1. The molecule has 2 fully saturated rings. The number of nitrogens with one attached hydrogen (secondary N) is 1. The highest BCUT2D eigenvalue weighted by Crippen LogP contribution is 2.20. The summed E-state index contributed by atoms with van der Waals surface area (Å²) in [5.74, 6) is 0.859. The number of carbonyl (C=O) groups excluding carboxylic acids is 1. The number of amides is 1. The molecule has 1 N–H and O–H groups in total. The Morgan fingerprint density at radius 1 is 1.21 bits per heavy atom. The third-order valence-corrected chi connectivity index (χ3v) is 5.58. The predicted molar refractivity (Wildman–Crippen MR) is 108 cm³/mol.